The molecule has 2 atom stereocenters. The Bertz CT molecular complexity index is 323. The van der Waals surface area contributed by atoms with Gasteiger partial charge in [-0.25, -0.2) is 4.79 Å². The van der Waals surface area contributed by atoms with E-state index in [0.29, 0.717) is 13.0 Å². The van der Waals surface area contributed by atoms with Gasteiger partial charge in [0.15, 0.2) is 0 Å². The number of carboxylic acid groups (broad SMARTS) is 1. The molecule has 0 aliphatic carbocycles. The van der Waals surface area contributed by atoms with Gasteiger partial charge in [0.2, 0.25) is 0 Å². The minimum atomic E-state index is -0.926. The van der Waals surface area contributed by atoms with Crippen molar-refractivity contribution in [1.29, 1.82) is 0 Å². The molecule has 0 saturated carbocycles. The van der Waals surface area contributed by atoms with Crippen molar-refractivity contribution in [1.82, 2.24) is 4.90 Å². The van der Waals surface area contributed by atoms with E-state index in [9.17, 15) is 14.7 Å². The number of hydrogen-bond donors (Lipinski definition) is 2. The Balaban J connectivity index is 2.50. The molecule has 0 unspecified atom stereocenters. The predicted octanol–water partition coefficient (Wildman–Crippen LogP) is 1.08. The average Bonchev–Trinajstić information content (AvgIpc) is 2.17. The number of ether oxygens (including phenoxy) is 1. The summed E-state index contributed by atoms with van der Waals surface area (Å²) in [4.78, 5) is 23.8. The number of amides is 1. The first-order valence-electron chi connectivity index (χ1n) is 6.07. The Morgan fingerprint density at radius 2 is 2.00 bits per heavy atom. The number of aliphatic hydroxyl groups excluding tert-OH is 1. The number of carboxylic acids is 1. The lowest BCUT2D eigenvalue weighted by Gasteiger charge is -2.36. The van der Waals surface area contributed by atoms with Gasteiger partial charge in [0.25, 0.3) is 0 Å². The zero-order chi connectivity index (χ0) is 13.9. The lowest BCUT2D eigenvalue weighted by Crippen LogP contribution is -2.48. The lowest BCUT2D eigenvalue weighted by molar-refractivity contribution is -0.139. The average molecular weight is 259 g/mol. The van der Waals surface area contributed by atoms with E-state index in [-0.39, 0.29) is 18.9 Å². The highest BCUT2D eigenvalue weighted by molar-refractivity contribution is 5.69. The summed E-state index contributed by atoms with van der Waals surface area (Å²) in [5.41, 5.74) is -0.569. The number of carbonyl (C=O) groups excluding carboxylic acids is 1. The molecule has 1 amide bonds. The summed E-state index contributed by atoms with van der Waals surface area (Å²) in [6, 6.07) is 0. The number of nitrogens with zero attached hydrogens (tertiary/aromatic N) is 1. The molecule has 0 aromatic heterocycles. The molecule has 18 heavy (non-hydrogen) atoms. The fraction of sp³-hybridized carbons (Fsp3) is 0.833. The summed E-state index contributed by atoms with van der Waals surface area (Å²) in [5, 5.41) is 18.5. The highest BCUT2D eigenvalue weighted by atomic mass is 16.6. The van der Waals surface area contributed by atoms with Gasteiger partial charge in [0.05, 0.1) is 19.1 Å². The maximum Gasteiger partial charge on any atom is 0.410 e. The van der Waals surface area contributed by atoms with Gasteiger partial charge in [-0.3, -0.25) is 4.79 Å². The minimum Gasteiger partial charge on any atom is -0.481 e. The van der Waals surface area contributed by atoms with E-state index in [1.165, 1.54) is 4.90 Å². The Morgan fingerprint density at radius 1 is 1.39 bits per heavy atom. The molecular formula is C12H21NO5. The Kier molecular flexibility index (Phi) is 4.56. The van der Waals surface area contributed by atoms with Crippen LogP contribution in [0.1, 0.15) is 33.6 Å². The van der Waals surface area contributed by atoms with Crippen molar-refractivity contribution in [2.45, 2.75) is 45.3 Å². The molecule has 1 aliphatic rings. The van der Waals surface area contributed by atoms with Gasteiger partial charge in [-0.15, -0.1) is 0 Å². The molecule has 1 aliphatic heterocycles. The first-order valence-corrected chi connectivity index (χ1v) is 6.07. The van der Waals surface area contributed by atoms with E-state index >= 15 is 0 Å². The predicted molar refractivity (Wildman–Crippen MR) is 64.2 cm³/mol. The molecule has 6 nitrogen and oxygen atoms in total. The molecule has 0 aromatic carbocycles. The minimum absolute atomic E-state index is 0.0661. The molecule has 0 aromatic rings. The molecule has 0 bridgehead atoms. The van der Waals surface area contributed by atoms with Crippen LogP contribution in [0.2, 0.25) is 0 Å². The van der Waals surface area contributed by atoms with Gasteiger partial charge in [0.1, 0.15) is 5.60 Å². The monoisotopic (exact) mass is 259 g/mol. The van der Waals surface area contributed by atoms with E-state index in [2.05, 4.69) is 0 Å². The molecular weight excluding hydrogens is 238 g/mol. The molecule has 0 spiro atoms. The highest BCUT2D eigenvalue weighted by Crippen LogP contribution is 2.22. The molecule has 2 N–H and O–H groups in total. The Morgan fingerprint density at radius 3 is 2.44 bits per heavy atom. The van der Waals surface area contributed by atoms with Gasteiger partial charge in [-0.2, -0.15) is 0 Å². The van der Waals surface area contributed by atoms with Gasteiger partial charge < -0.3 is 19.8 Å². The Hall–Kier alpha value is -1.30. The molecule has 0 radical (unpaired) electrons. The number of aliphatic hydroxyl groups is 1. The number of carbonyl (C=O) groups is 2. The van der Waals surface area contributed by atoms with Crippen LogP contribution in [0, 0.1) is 5.92 Å². The first kappa shape index (κ1) is 14.8. The van der Waals surface area contributed by atoms with E-state index in [0.717, 1.165) is 0 Å². The third-order valence-electron chi connectivity index (χ3n) is 2.81. The maximum absolute atomic E-state index is 11.8. The fourth-order valence-corrected chi connectivity index (χ4v) is 1.93. The van der Waals surface area contributed by atoms with Gasteiger partial charge >= 0.3 is 12.1 Å². The van der Waals surface area contributed by atoms with Crippen LogP contribution >= 0.6 is 0 Å². The maximum atomic E-state index is 11.8. The molecule has 104 valence electrons. The van der Waals surface area contributed by atoms with Crippen LogP contribution in [0.3, 0.4) is 0 Å². The smallest absolute Gasteiger partial charge is 0.410 e. The van der Waals surface area contributed by atoms with Crippen molar-refractivity contribution >= 4 is 12.1 Å². The van der Waals surface area contributed by atoms with Crippen LogP contribution in [0.4, 0.5) is 4.79 Å². The number of rotatable bonds is 2. The number of β-amino-alcohol motifs (C(OH)–C–C–N with tert-alkyl or cyclic N) is 1. The number of aliphatic carboxylic acids is 1. The summed E-state index contributed by atoms with van der Waals surface area (Å²) in [6.45, 7) is 5.88. The molecule has 1 fully saturated rings. The Labute approximate surface area is 107 Å². The van der Waals surface area contributed by atoms with E-state index < -0.39 is 23.8 Å². The molecule has 1 saturated heterocycles. The van der Waals surface area contributed by atoms with Gasteiger partial charge in [0, 0.05) is 6.54 Å². The third kappa shape index (κ3) is 4.52. The second kappa shape index (κ2) is 5.56. The topological polar surface area (TPSA) is 87.1 Å². The number of likely N-dealkylation sites (tertiary alicyclic amines) is 1. The van der Waals surface area contributed by atoms with Crippen molar-refractivity contribution in [3.63, 3.8) is 0 Å². The van der Waals surface area contributed by atoms with Crippen LogP contribution in [-0.4, -0.2) is 52.0 Å². The highest BCUT2D eigenvalue weighted by Gasteiger charge is 2.33. The zero-order valence-electron chi connectivity index (χ0n) is 11.0. The zero-order valence-corrected chi connectivity index (χ0v) is 11.0. The van der Waals surface area contributed by atoms with Crippen molar-refractivity contribution < 1.29 is 24.5 Å². The summed E-state index contributed by atoms with van der Waals surface area (Å²) in [5.74, 6) is -1.22. The first-order chi connectivity index (χ1) is 8.19. The quantitative estimate of drug-likeness (QED) is 0.774. The second-order valence-corrected chi connectivity index (χ2v) is 5.64. The summed E-state index contributed by atoms with van der Waals surface area (Å²) in [6.07, 6.45) is -0.853. The van der Waals surface area contributed by atoms with Crippen LogP contribution in [-0.2, 0) is 9.53 Å². The normalized spacial score (nSPS) is 24.8. The van der Waals surface area contributed by atoms with E-state index in [1.54, 1.807) is 20.8 Å². The van der Waals surface area contributed by atoms with Crippen molar-refractivity contribution in [2.24, 2.45) is 5.92 Å². The van der Waals surface area contributed by atoms with E-state index in [4.69, 9.17) is 9.84 Å². The van der Waals surface area contributed by atoms with Crippen LogP contribution in [0.15, 0.2) is 0 Å². The van der Waals surface area contributed by atoms with Crippen LogP contribution in [0.5, 0.6) is 0 Å². The summed E-state index contributed by atoms with van der Waals surface area (Å²) < 4.78 is 5.20. The van der Waals surface area contributed by atoms with Crippen LogP contribution in [0.25, 0.3) is 0 Å². The molecule has 1 heterocycles. The van der Waals surface area contributed by atoms with Gasteiger partial charge in [-0.05, 0) is 33.1 Å². The van der Waals surface area contributed by atoms with E-state index in [1.807, 2.05) is 0 Å². The number of piperidine rings is 1. The van der Waals surface area contributed by atoms with Gasteiger partial charge in [-0.1, -0.05) is 0 Å². The third-order valence-corrected chi connectivity index (χ3v) is 2.81. The van der Waals surface area contributed by atoms with Crippen molar-refractivity contribution in [2.75, 3.05) is 13.1 Å². The lowest BCUT2D eigenvalue weighted by atomic mass is 9.91. The largest absolute Gasteiger partial charge is 0.481 e. The molecule has 1 rings (SSSR count). The standard InChI is InChI=1S/C12H21NO5/c1-12(2,3)18-11(17)13-5-4-8(6-10(15)16)9(14)7-13/h8-9,14H,4-7H2,1-3H3,(H,15,16)/t8-,9-/m0/s1. The number of hydrogen-bond acceptors (Lipinski definition) is 4. The molecule has 6 heteroatoms. The van der Waals surface area contributed by atoms with Crippen molar-refractivity contribution in [3.05, 3.63) is 0 Å². The summed E-state index contributed by atoms with van der Waals surface area (Å²) in [7, 11) is 0. The second-order valence-electron chi connectivity index (χ2n) is 5.64. The van der Waals surface area contributed by atoms with Crippen molar-refractivity contribution in [3.8, 4) is 0 Å². The van der Waals surface area contributed by atoms with Crippen LogP contribution < -0.4 is 0 Å². The summed E-state index contributed by atoms with van der Waals surface area (Å²) >= 11 is 0. The fourth-order valence-electron chi connectivity index (χ4n) is 1.93. The SMILES string of the molecule is CC(C)(C)OC(=O)N1CC[C@@H](CC(=O)O)[C@@H](O)C1.